The highest BCUT2D eigenvalue weighted by molar-refractivity contribution is 6.31. The van der Waals surface area contributed by atoms with Gasteiger partial charge in [-0.2, -0.15) is 0 Å². The van der Waals surface area contributed by atoms with Gasteiger partial charge in [-0.05, 0) is 24.3 Å². The quantitative estimate of drug-likeness (QED) is 0.107. The number of aromatic amines is 1. The summed E-state index contributed by atoms with van der Waals surface area (Å²) in [6, 6.07) is 8.62. The number of benzene rings is 2. The van der Waals surface area contributed by atoms with Crippen molar-refractivity contribution in [1.29, 1.82) is 5.41 Å². The molecule has 0 amide bonds. The Morgan fingerprint density at radius 1 is 1.13 bits per heavy atom. The van der Waals surface area contributed by atoms with Gasteiger partial charge in [-0.1, -0.05) is 11.6 Å². The molecule has 0 fully saturated rings. The number of aromatic nitrogens is 5. The number of nitrogens with two attached hydrogens (primary N) is 1. The van der Waals surface area contributed by atoms with E-state index in [-0.39, 0.29) is 33.9 Å². The van der Waals surface area contributed by atoms with Crippen LogP contribution in [0.2, 0.25) is 5.02 Å². The van der Waals surface area contributed by atoms with Crippen LogP contribution in [0.3, 0.4) is 0 Å². The highest BCUT2D eigenvalue weighted by Gasteiger charge is 2.25. The average Bonchev–Trinajstić information content (AvgIpc) is 3.28. The summed E-state index contributed by atoms with van der Waals surface area (Å²) in [4.78, 5) is 35.3. The van der Waals surface area contributed by atoms with Crippen LogP contribution >= 0.6 is 11.6 Å². The lowest BCUT2D eigenvalue weighted by Crippen LogP contribution is -2.18. The van der Waals surface area contributed by atoms with Gasteiger partial charge < -0.3 is 25.3 Å². The number of H-pyrrole nitrogens is 1. The molecule has 0 saturated carbocycles. The van der Waals surface area contributed by atoms with Crippen molar-refractivity contribution in [3.8, 4) is 23.2 Å². The number of hydrogen-bond acceptors (Lipinski definition) is 10. The molecule has 1 atom stereocenters. The van der Waals surface area contributed by atoms with E-state index in [1.54, 1.807) is 24.3 Å². The second kappa shape index (κ2) is 11.0. The van der Waals surface area contributed by atoms with Crippen LogP contribution < -0.4 is 31.0 Å². The maximum Gasteiger partial charge on any atom is 0.350 e. The molecule has 38 heavy (non-hydrogen) atoms. The highest BCUT2D eigenvalue weighted by Crippen LogP contribution is 2.39. The largest absolute Gasteiger partial charge is 0.493 e. The van der Waals surface area contributed by atoms with Gasteiger partial charge in [0.25, 0.3) is 5.95 Å². The van der Waals surface area contributed by atoms with Crippen molar-refractivity contribution in [2.24, 2.45) is 5.73 Å². The number of methoxy groups -OCH3 is 2. The van der Waals surface area contributed by atoms with E-state index < -0.39 is 17.7 Å². The number of anilines is 1. The third-order valence-corrected chi connectivity index (χ3v) is 5.63. The average molecular weight is 539 g/mol. The molecule has 2 heterocycles. The molecule has 14 heteroatoms. The maximum absolute atomic E-state index is 12.8. The molecule has 0 spiro atoms. The highest BCUT2D eigenvalue weighted by atomic mass is 35.5. The predicted molar refractivity (Wildman–Crippen MR) is 139 cm³/mol. The first-order valence-corrected chi connectivity index (χ1v) is 11.4. The van der Waals surface area contributed by atoms with Gasteiger partial charge in [0.1, 0.15) is 17.6 Å². The zero-order valence-electron chi connectivity index (χ0n) is 20.5. The fraction of sp³-hybridized carbons (Fsp3) is 0.167. The number of nitrogens with one attached hydrogen (secondary N) is 3. The van der Waals surface area contributed by atoms with E-state index in [1.165, 1.54) is 45.7 Å². The third-order valence-electron chi connectivity index (χ3n) is 5.30. The molecule has 2 aromatic heterocycles. The number of carbonyl (C=O) groups is 1. The van der Waals surface area contributed by atoms with E-state index in [1.807, 2.05) is 0 Å². The Kier molecular flexibility index (Phi) is 7.58. The summed E-state index contributed by atoms with van der Waals surface area (Å²) in [7, 11) is 2.96. The van der Waals surface area contributed by atoms with Crippen LogP contribution in [-0.4, -0.2) is 50.8 Å². The van der Waals surface area contributed by atoms with E-state index in [4.69, 9.17) is 37.0 Å². The number of amidine groups is 1. The fourth-order valence-corrected chi connectivity index (χ4v) is 3.89. The predicted octanol–water partition coefficient (Wildman–Crippen LogP) is 2.43. The molecule has 0 bridgehead atoms. The van der Waals surface area contributed by atoms with Crippen molar-refractivity contribution < 1.29 is 19.0 Å². The Hall–Kier alpha value is -4.91. The van der Waals surface area contributed by atoms with Crippen molar-refractivity contribution in [3.05, 3.63) is 81.3 Å². The molecule has 196 valence electrons. The lowest BCUT2D eigenvalue weighted by Gasteiger charge is -2.21. The molecular formula is C24H23ClN8O5. The molecule has 0 aliphatic rings. The van der Waals surface area contributed by atoms with E-state index in [9.17, 15) is 9.59 Å². The maximum atomic E-state index is 12.8. The molecule has 13 nitrogen and oxygen atoms in total. The lowest BCUT2D eigenvalue weighted by atomic mass is 10.0. The van der Waals surface area contributed by atoms with Gasteiger partial charge in [0, 0.05) is 42.7 Å². The molecule has 4 rings (SSSR count). The van der Waals surface area contributed by atoms with E-state index in [2.05, 4.69) is 25.4 Å². The second-order valence-corrected chi connectivity index (χ2v) is 8.21. The molecule has 4 aromatic rings. The first-order chi connectivity index (χ1) is 18.2. The molecular weight excluding hydrogens is 516 g/mol. The molecule has 0 aliphatic carbocycles. The lowest BCUT2D eigenvalue weighted by molar-refractivity contribution is -0.131. The van der Waals surface area contributed by atoms with Crippen LogP contribution in [0.4, 0.5) is 5.69 Å². The number of hydrogen-bond donors (Lipinski definition) is 4. The summed E-state index contributed by atoms with van der Waals surface area (Å²) in [6.45, 7) is 1.24. The Balaban J connectivity index is 1.86. The summed E-state index contributed by atoms with van der Waals surface area (Å²) in [6.07, 6.45) is 2.97. The van der Waals surface area contributed by atoms with Gasteiger partial charge in [0.15, 0.2) is 17.3 Å². The Bertz CT molecular complexity index is 1550. The molecule has 2 aromatic carbocycles. The van der Waals surface area contributed by atoms with E-state index in [0.29, 0.717) is 22.7 Å². The number of ether oxygens (including phenoxy) is 3. The Morgan fingerprint density at radius 2 is 1.82 bits per heavy atom. The minimum atomic E-state index is -0.853. The van der Waals surface area contributed by atoms with Crippen molar-refractivity contribution in [2.45, 2.75) is 13.0 Å². The van der Waals surface area contributed by atoms with Gasteiger partial charge in [-0.15, -0.1) is 9.78 Å². The summed E-state index contributed by atoms with van der Waals surface area (Å²) in [5.74, 6) is 0.234. The topological polar surface area (TPSA) is 183 Å². The van der Waals surface area contributed by atoms with Gasteiger partial charge >= 0.3 is 11.7 Å². The van der Waals surface area contributed by atoms with Gasteiger partial charge in [0.05, 0.1) is 24.8 Å². The Labute approximate surface area is 221 Å². The van der Waals surface area contributed by atoms with Gasteiger partial charge in [0.2, 0.25) is 0 Å². The summed E-state index contributed by atoms with van der Waals surface area (Å²) in [5, 5.41) is 15.7. The van der Waals surface area contributed by atoms with Crippen LogP contribution in [0.5, 0.6) is 17.2 Å². The van der Waals surface area contributed by atoms with Crippen molar-refractivity contribution >= 4 is 29.1 Å². The Morgan fingerprint density at radius 3 is 2.45 bits per heavy atom. The number of nitrogens with zero attached hydrogens (tertiary/aromatic N) is 4. The number of rotatable bonds is 9. The fourth-order valence-electron chi connectivity index (χ4n) is 3.63. The smallest absolute Gasteiger partial charge is 0.350 e. The molecule has 0 saturated heterocycles. The van der Waals surface area contributed by atoms with Crippen LogP contribution in [-0.2, 0) is 4.79 Å². The molecule has 1 unspecified atom stereocenters. The van der Waals surface area contributed by atoms with E-state index >= 15 is 0 Å². The SMILES string of the molecule is COc1cc(Cl)c(C(Nc2ccc(C(=N)N)c(OC(C)=O)c2)c2nn(-c3ncccn3)c(=O)[nH]2)cc1OC. The van der Waals surface area contributed by atoms with Crippen molar-refractivity contribution in [2.75, 3.05) is 19.5 Å². The minimum absolute atomic E-state index is 0.0695. The van der Waals surface area contributed by atoms with Gasteiger partial charge in [-0.25, -0.2) is 14.8 Å². The summed E-state index contributed by atoms with van der Waals surface area (Å²) < 4.78 is 17.1. The van der Waals surface area contributed by atoms with Crippen molar-refractivity contribution in [3.63, 3.8) is 0 Å². The van der Waals surface area contributed by atoms with E-state index in [0.717, 1.165) is 4.68 Å². The standard InChI is InChI=1S/C24H23ClN8O5/c1-12(34)38-17-9-13(5-6-14(17)21(26)27)30-20(15-10-18(36-2)19(37-3)11-16(15)25)22-31-24(35)33(32-22)23-28-7-4-8-29-23/h4-11,20,30H,1-3H3,(H3,26,27)(H,31,32,35). The number of esters is 1. The van der Waals surface area contributed by atoms with Crippen LogP contribution in [0, 0.1) is 5.41 Å². The third kappa shape index (κ3) is 5.42. The summed E-state index contributed by atoms with van der Waals surface area (Å²) >= 11 is 6.64. The first kappa shape index (κ1) is 26.2. The molecule has 0 aliphatic heterocycles. The summed E-state index contributed by atoms with van der Waals surface area (Å²) in [5.41, 5.74) is 6.20. The number of carbonyl (C=O) groups excluding carboxylic acids is 1. The first-order valence-electron chi connectivity index (χ1n) is 11.0. The number of nitrogen functional groups attached to an aromatic ring is 1. The molecule has 0 radical (unpaired) electrons. The molecule has 5 N–H and O–H groups in total. The van der Waals surface area contributed by atoms with Gasteiger partial charge in [-0.3, -0.25) is 15.2 Å². The monoisotopic (exact) mass is 538 g/mol. The van der Waals surface area contributed by atoms with Crippen molar-refractivity contribution in [1.82, 2.24) is 24.7 Å². The van der Waals surface area contributed by atoms with Crippen LogP contribution in [0.25, 0.3) is 5.95 Å². The number of halogens is 1. The minimum Gasteiger partial charge on any atom is -0.493 e. The van der Waals surface area contributed by atoms with Crippen LogP contribution in [0.1, 0.15) is 29.9 Å². The van der Waals surface area contributed by atoms with Crippen LogP contribution in [0.15, 0.2) is 53.6 Å². The normalized spacial score (nSPS) is 11.5. The zero-order chi connectivity index (χ0) is 27.4. The zero-order valence-corrected chi connectivity index (χ0v) is 21.2. The second-order valence-electron chi connectivity index (χ2n) is 7.80.